The van der Waals surface area contributed by atoms with Crippen molar-refractivity contribution in [2.24, 2.45) is 5.10 Å². The van der Waals surface area contributed by atoms with Gasteiger partial charge in [0.25, 0.3) is 10.0 Å². The monoisotopic (exact) mass is 378 g/mol. The van der Waals surface area contributed by atoms with Gasteiger partial charge in [0, 0.05) is 11.6 Å². The number of phenolic OH excluding ortho intramolecular Hbond substituents is 1. The highest BCUT2D eigenvalue weighted by Gasteiger charge is 2.12. The summed E-state index contributed by atoms with van der Waals surface area (Å²) in [7, 11) is -3.80. The van der Waals surface area contributed by atoms with Gasteiger partial charge in [-0.2, -0.15) is 13.5 Å². The largest absolute Gasteiger partial charge is 0.507 e. The molecule has 26 heavy (non-hydrogen) atoms. The summed E-state index contributed by atoms with van der Waals surface area (Å²) in [6.45, 7) is 4.88. The van der Waals surface area contributed by atoms with Crippen molar-refractivity contribution in [3.05, 3.63) is 48.0 Å². The molecule has 0 saturated carbocycles. The van der Waals surface area contributed by atoms with E-state index in [4.69, 9.17) is 9.47 Å². The van der Waals surface area contributed by atoms with E-state index in [1.54, 1.807) is 24.3 Å². The van der Waals surface area contributed by atoms with E-state index in [9.17, 15) is 13.5 Å². The topological polar surface area (TPSA) is 97.2 Å². The summed E-state index contributed by atoms with van der Waals surface area (Å²) in [5.41, 5.74) is 0.364. The van der Waals surface area contributed by atoms with Crippen molar-refractivity contribution in [3.8, 4) is 17.2 Å². The highest BCUT2D eigenvalue weighted by atomic mass is 32.2. The molecule has 8 heteroatoms. The van der Waals surface area contributed by atoms with Gasteiger partial charge < -0.3 is 14.6 Å². The molecule has 2 N–H and O–H groups in total. The molecule has 0 fully saturated rings. The predicted octanol–water partition coefficient (Wildman–Crippen LogP) is 2.89. The van der Waals surface area contributed by atoms with Crippen LogP contribution < -0.4 is 14.3 Å². The highest BCUT2D eigenvalue weighted by Crippen LogP contribution is 2.22. The van der Waals surface area contributed by atoms with Crippen molar-refractivity contribution in [2.45, 2.75) is 25.2 Å². The summed E-state index contributed by atoms with van der Waals surface area (Å²) >= 11 is 0. The maximum atomic E-state index is 12.2. The lowest BCUT2D eigenvalue weighted by molar-refractivity contribution is 0.315. The van der Waals surface area contributed by atoms with Gasteiger partial charge in [-0.25, -0.2) is 4.83 Å². The minimum absolute atomic E-state index is 0.0531. The number of hydrogen-bond donors (Lipinski definition) is 2. The minimum Gasteiger partial charge on any atom is -0.507 e. The van der Waals surface area contributed by atoms with Gasteiger partial charge in [-0.1, -0.05) is 6.92 Å². The van der Waals surface area contributed by atoms with Crippen molar-refractivity contribution in [2.75, 3.05) is 13.2 Å². The van der Waals surface area contributed by atoms with E-state index in [0.29, 0.717) is 30.3 Å². The first-order valence-electron chi connectivity index (χ1n) is 8.19. The van der Waals surface area contributed by atoms with Gasteiger partial charge in [-0.15, -0.1) is 0 Å². The maximum Gasteiger partial charge on any atom is 0.276 e. The van der Waals surface area contributed by atoms with E-state index in [1.165, 1.54) is 24.4 Å². The molecule has 0 bridgehead atoms. The fraction of sp³-hybridized carbons (Fsp3) is 0.278. The van der Waals surface area contributed by atoms with E-state index in [1.807, 2.05) is 13.8 Å². The molecule has 0 amide bonds. The van der Waals surface area contributed by atoms with Crippen LogP contribution in [0.25, 0.3) is 0 Å². The normalized spacial score (nSPS) is 11.5. The Hall–Kier alpha value is -2.74. The summed E-state index contributed by atoms with van der Waals surface area (Å²) in [5.74, 6) is 1.07. The van der Waals surface area contributed by atoms with Crippen LogP contribution in [-0.2, 0) is 10.0 Å². The quantitative estimate of drug-likeness (QED) is 0.516. The van der Waals surface area contributed by atoms with E-state index < -0.39 is 10.0 Å². The molecule has 0 saturated heterocycles. The Labute approximate surface area is 153 Å². The molecule has 0 heterocycles. The third kappa shape index (κ3) is 5.38. The average Bonchev–Trinajstić information content (AvgIpc) is 2.62. The van der Waals surface area contributed by atoms with E-state index >= 15 is 0 Å². The lowest BCUT2D eigenvalue weighted by Gasteiger charge is -2.07. The number of sulfonamides is 1. The number of aromatic hydroxyl groups is 1. The van der Waals surface area contributed by atoms with Crippen LogP contribution in [0.3, 0.4) is 0 Å². The zero-order valence-corrected chi connectivity index (χ0v) is 15.5. The molecule has 0 aromatic heterocycles. The molecule has 0 unspecified atom stereocenters. The molecule has 0 spiro atoms. The Kier molecular flexibility index (Phi) is 6.85. The SMILES string of the molecule is CCCOc1ccc(/C=N/NS(=O)(=O)c2ccc(OCC)cc2)c(O)c1. The zero-order chi connectivity index (χ0) is 19.0. The first kappa shape index (κ1) is 19.6. The third-order valence-electron chi connectivity index (χ3n) is 3.30. The van der Waals surface area contributed by atoms with Crippen LogP contribution in [0.1, 0.15) is 25.8 Å². The van der Waals surface area contributed by atoms with Crippen LogP contribution in [0, 0.1) is 0 Å². The molecule has 0 aliphatic carbocycles. The molecule has 7 nitrogen and oxygen atoms in total. The fourth-order valence-corrected chi connectivity index (χ4v) is 2.83. The first-order valence-corrected chi connectivity index (χ1v) is 9.68. The number of ether oxygens (including phenoxy) is 2. The molecule has 0 atom stereocenters. The Bertz CT molecular complexity index is 848. The van der Waals surface area contributed by atoms with Gasteiger partial charge >= 0.3 is 0 Å². The molecule has 0 aliphatic heterocycles. The number of nitrogens with one attached hydrogen (secondary N) is 1. The van der Waals surface area contributed by atoms with Crippen LogP contribution in [0.15, 0.2) is 52.5 Å². The molecule has 140 valence electrons. The number of phenols is 1. The summed E-state index contributed by atoms with van der Waals surface area (Å²) in [4.78, 5) is 2.17. The second kappa shape index (κ2) is 9.10. The van der Waals surface area contributed by atoms with Crippen molar-refractivity contribution < 1.29 is 23.0 Å². The summed E-state index contributed by atoms with van der Waals surface area (Å²) in [6, 6.07) is 10.7. The fourth-order valence-electron chi connectivity index (χ4n) is 2.04. The van der Waals surface area contributed by atoms with Crippen LogP contribution >= 0.6 is 0 Å². The van der Waals surface area contributed by atoms with Crippen LogP contribution in [0.4, 0.5) is 0 Å². The zero-order valence-electron chi connectivity index (χ0n) is 14.7. The summed E-state index contributed by atoms with van der Waals surface area (Å²) in [6.07, 6.45) is 2.09. The van der Waals surface area contributed by atoms with E-state index in [0.717, 1.165) is 6.42 Å². The number of benzene rings is 2. The molecular formula is C18H22N2O5S. The van der Waals surface area contributed by atoms with Gasteiger partial charge in [-0.3, -0.25) is 0 Å². The second-order valence-corrected chi connectivity index (χ2v) is 6.99. The number of rotatable bonds is 9. The lowest BCUT2D eigenvalue weighted by atomic mass is 10.2. The Morgan fingerprint density at radius 1 is 1.08 bits per heavy atom. The average molecular weight is 378 g/mol. The lowest BCUT2D eigenvalue weighted by Crippen LogP contribution is -2.18. The van der Waals surface area contributed by atoms with E-state index in [-0.39, 0.29) is 10.6 Å². The number of hydrogen-bond acceptors (Lipinski definition) is 6. The predicted molar refractivity (Wildman–Crippen MR) is 99.4 cm³/mol. The van der Waals surface area contributed by atoms with Crippen molar-refractivity contribution in [1.82, 2.24) is 4.83 Å². The summed E-state index contributed by atoms with van der Waals surface area (Å²) in [5, 5.41) is 13.7. The molecule has 2 rings (SSSR count). The molecular weight excluding hydrogens is 356 g/mol. The van der Waals surface area contributed by atoms with Crippen molar-refractivity contribution in [3.63, 3.8) is 0 Å². The standard InChI is InChI=1S/C18H22N2O5S/c1-3-11-25-16-6-5-14(18(21)12-16)13-19-20-26(22,23)17-9-7-15(8-10-17)24-4-2/h5-10,12-13,20-21H,3-4,11H2,1-2H3/b19-13+. The first-order chi connectivity index (χ1) is 12.5. The maximum absolute atomic E-state index is 12.2. The third-order valence-corrected chi connectivity index (χ3v) is 4.53. The van der Waals surface area contributed by atoms with Gasteiger partial charge in [0.15, 0.2) is 0 Å². The molecule has 2 aromatic carbocycles. The van der Waals surface area contributed by atoms with Gasteiger partial charge in [0.05, 0.1) is 24.3 Å². The van der Waals surface area contributed by atoms with Gasteiger partial charge in [-0.05, 0) is 49.7 Å². The second-order valence-electron chi connectivity index (χ2n) is 5.33. The van der Waals surface area contributed by atoms with Crippen molar-refractivity contribution >= 4 is 16.2 Å². The van der Waals surface area contributed by atoms with Gasteiger partial charge in [0.1, 0.15) is 17.2 Å². The number of hydrazone groups is 1. The Balaban J connectivity index is 2.04. The van der Waals surface area contributed by atoms with Crippen LogP contribution in [-0.4, -0.2) is 33.0 Å². The summed E-state index contributed by atoms with van der Waals surface area (Å²) < 4.78 is 35.1. The molecule has 2 aromatic rings. The molecule has 0 radical (unpaired) electrons. The van der Waals surface area contributed by atoms with Gasteiger partial charge in [0.2, 0.25) is 0 Å². The minimum atomic E-state index is -3.80. The van der Waals surface area contributed by atoms with E-state index in [2.05, 4.69) is 9.93 Å². The highest BCUT2D eigenvalue weighted by molar-refractivity contribution is 7.89. The number of nitrogens with zero attached hydrogens (tertiary/aromatic N) is 1. The molecule has 0 aliphatic rings. The van der Waals surface area contributed by atoms with Crippen molar-refractivity contribution in [1.29, 1.82) is 0 Å². The Morgan fingerprint density at radius 3 is 2.38 bits per heavy atom. The Morgan fingerprint density at radius 2 is 1.77 bits per heavy atom. The smallest absolute Gasteiger partial charge is 0.276 e. The van der Waals surface area contributed by atoms with Crippen LogP contribution in [0.2, 0.25) is 0 Å². The van der Waals surface area contributed by atoms with Crippen LogP contribution in [0.5, 0.6) is 17.2 Å².